The average molecular weight is 427 g/mol. The normalized spacial score (nSPS) is 16.2. The number of amides is 1. The van der Waals surface area contributed by atoms with Gasteiger partial charge in [0.1, 0.15) is 6.07 Å². The summed E-state index contributed by atoms with van der Waals surface area (Å²) < 4.78 is 4.72. The van der Waals surface area contributed by atoms with Crippen molar-refractivity contribution in [1.82, 2.24) is 0 Å². The molecule has 0 bridgehead atoms. The van der Waals surface area contributed by atoms with Crippen LogP contribution in [0, 0.1) is 17.2 Å². The van der Waals surface area contributed by atoms with Gasteiger partial charge in [0, 0.05) is 11.6 Å². The molecule has 30 heavy (non-hydrogen) atoms. The molecule has 3 rings (SSSR count). The van der Waals surface area contributed by atoms with Crippen LogP contribution in [-0.4, -0.2) is 24.1 Å². The summed E-state index contributed by atoms with van der Waals surface area (Å²) in [6, 6.07) is 12.8. The summed E-state index contributed by atoms with van der Waals surface area (Å²) >= 11 is 6.07. The highest BCUT2D eigenvalue weighted by atomic mass is 35.5. The first-order valence-electron chi connectivity index (χ1n) is 9.82. The first kappa shape index (κ1) is 21.8. The van der Waals surface area contributed by atoms with Gasteiger partial charge in [0.15, 0.2) is 5.60 Å². The first-order chi connectivity index (χ1) is 14.4. The fraction of sp³-hybridized carbons (Fsp3) is 0.348. The Balaban J connectivity index is 1.95. The van der Waals surface area contributed by atoms with Gasteiger partial charge >= 0.3 is 5.97 Å². The van der Waals surface area contributed by atoms with E-state index in [1.807, 2.05) is 6.07 Å². The van der Waals surface area contributed by atoms with Gasteiger partial charge in [-0.25, -0.2) is 4.79 Å². The number of nitriles is 1. The molecule has 0 spiro atoms. The monoisotopic (exact) mass is 426 g/mol. The molecule has 1 unspecified atom stereocenters. The Morgan fingerprint density at radius 2 is 1.83 bits per heavy atom. The molecular weight excluding hydrogens is 404 g/mol. The van der Waals surface area contributed by atoms with Gasteiger partial charge in [0.05, 0.1) is 23.3 Å². The zero-order chi connectivity index (χ0) is 21.7. The van der Waals surface area contributed by atoms with Crippen LogP contribution in [0.4, 0.5) is 5.69 Å². The van der Waals surface area contributed by atoms with E-state index in [0.717, 1.165) is 32.1 Å². The topological polar surface area (TPSA) is 99.4 Å². The Hall–Kier alpha value is -2.88. The van der Waals surface area contributed by atoms with Crippen molar-refractivity contribution in [1.29, 1.82) is 5.26 Å². The predicted molar refractivity (Wildman–Crippen MR) is 113 cm³/mol. The molecule has 1 saturated carbocycles. The molecule has 0 aromatic heterocycles. The number of halogens is 1. The Morgan fingerprint density at radius 3 is 2.40 bits per heavy atom. The molecule has 2 N–H and O–H groups in total. The molecular formula is C23H23ClN2O4. The number of hydrogen-bond acceptors (Lipinski definition) is 5. The summed E-state index contributed by atoms with van der Waals surface area (Å²) in [5, 5.41) is 23.7. The third-order valence-electron chi connectivity index (χ3n) is 5.64. The van der Waals surface area contributed by atoms with Crippen molar-refractivity contribution in [2.75, 3.05) is 12.4 Å². The highest BCUT2D eigenvalue weighted by Gasteiger charge is 2.45. The number of nitrogens with zero attached hydrogens (tertiary/aromatic N) is 1. The van der Waals surface area contributed by atoms with Crippen molar-refractivity contribution in [2.45, 2.75) is 37.7 Å². The highest BCUT2D eigenvalue weighted by Crippen LogP contribution is 2.40. The maximum absolute atomic E-state index is 13.3. The van der Waals surface area contributed by atoms with Gasteiger partial charge in [-0.15, -0.1) is 0 Å². The third-order valence-corrected chi connectivity index (χ3v) is 5.95. The molecule has 6 nitrogen and oxygen atoms in total. The van der Waals surface area contributed by atoms with Gasteiger partial charge in [-0.1, -0.05) is 43.0 Å². The van der Waals surface area contributed by atoms with Gasteiger partial charge in [0.2, 0.25) is 0 Å². The third kappa shape index (κ3) is 4.33. The minimum absolute atomic E-state index is 0.221. The average Bonchev–Trinajstić information content (AvgIpc) is 2.78. The Morgan fingerprint density at radius 1 is 1.17 bits per heavy atom. The Kier molecular flexibility index (Phi) is 6.76. The van der Waals surface area contributed by atoms with Crippen molar-refractivity contribution in [3.05, 3.63) is 64.2 Å². The maximum Gasteiger partial charge on any atom is 0.337 e. The SMILES string of the molecule is COC(=O)c1ccc(C(O)(C(=O)Nc2ccc(C#N)c(Cl)c2)C2CCCCC2)cc1. The quantitative estimate of drug-likeness (QED) is 0.690. The van der Waals surface area contributed by atoms with Crippen molar-refractivity contribution in [3.8, 4) is 6.07 Å². The molecule has 2 aromatic rings. The number of rotatable bonds is 5. The van der Waals surface area contributed by atoms with Crippen LogP contribution < -0.4 is 5.32 Å². The summed E-state index contributed by atoms with van der Waals surface area (Å²) in [6.45, 7) is 0. The lowest BCUT2D eigenvalue weighted by molar-refractivity contribution is -0.143. The molecule has 1 amide bonds. The number of ether oxygens (including phenoxy) is 1. The molecule has 0 saturated heterocycles. The molecule has 0 aliphatic heterocycles. The second kappa shape index (κ2) is 9.29. The van der Waals surface area contributed by atoms with Gasteiger partial charge in [-0.2, -0.15) is 5.26 Å². The minimum Gasteiger partial charge on any atom is -0.465 e. The number of aliphatic hydroxyl groups is 1. The fourth-order valence-electron chi connectivity index (χ4n) is 3.96. The molecule has 7 heteroatoms. The summed E-state index contributed by atoms with van der Waals surface area (Å²) in [6.07, 6.45) is 4.38. The lowest BCUT2D eigenvalue weighted by Gasteiger charge is -2.37. The molecule has 1 atom stereocenters. The van der Waals surface area contributed by atoms with E-state index in [0.29, 0.717) is 22.4 Å². The number of nitrogens with one attached hydrogen (secondary N) is 1. The zero-order valence-corrected chi connectivity index (χ0v) is 17.4. The Labute approximate surface area is 180 Å². The van der Waals surface area contributed by atoms with E-state index in [-0.39, 0.29) is 10.9 Å². The molecule has 2 aromatic carbocycles. The number of benzene rings is 2. The molecule has 1 fully saturated rings. The predicted octanol–water partition coefficient (Wildman–Crippen LogP) is 4.40. The van der Waals surface area contributed by atoms with Crippen LogP contribution in [0.5, 0.6) is 0 Å². The first-order valence-corrected chi connectivity index (χ1v) is 10.2. The molecule has 1 aliphatic carbocycles. The molecule has 0 heterocycles. The standard InChI is InChI=1S/C23H23ClN2O4/c1-30-21(27)15-7-10-18(11-8-15)23(29,17-5-3-2-4-6-17)22(28)26-19-12-9-16(14-25)20(24)13-19/h7-13,17,29H,2-6H2,1H3,(H,26,28). The minimum atomic E-state index is -1.77. The maximum atomic E-state index is 13.3. The molecule has 0 radical (unpaired) electrons. The summed E-state index contributed by atoms with van der Waals surface area (Å²) in [5.41, 5.74) is -0.319. The second-order valence-corrected chi connectivity index (χ2v) is 7.84. The van der Waals surface area contributed by atoms with Crippen molar-refractivity contribution < 1.29 is 19.4 Å². The van der Waals surface area contributed by atoms with Crippen LogP contribution in [0.2, 0.25) is 5.02 Å². The number of carbonyl (C=O) groups is 2. The fourth-order valence-corrected chi connectivity index (χ4v) is 4.18. The number of hydrogen-bond donors (Lipinski definition) is 2. The zero-order valence-electron chi connectivity index (χ0n) is 16.7. The van der Waals surface area contributed by atoms with E-state index in [1.54, 1.807) is 30.3 Å². The summed E-state index contributed by atoms with van der Waals surface area (Å²) in [4.78, 5) is 25.0. The van der Waals surface area contributed by atoms with E-state index < -0.39 is 17.5 Å². The molecule has 156 valence electrons. The Bertz CT molecular complexity index is 978. The van der Waals surface area contributed by atoms with Gasteiger partial charge in [-0.3, -0.25) is 4.79 Å². The summed E-state index contributed by atoms with van der Waals surface area (Å²) in [5.74, 6) is -1.32. The van der Waals surface area contributed by atoms with Gasteiger partial charge in [-0.05, 0) is 48.7 Å². The smallest absolute Gasteiger partial charge is 0.337 e. The van der Waals surface area contributed by atoms with E-state index in [2.05, 4.69) is 5.32 Å². The second-order valence-electron chi connectivity index (χ2n) is 7.43. The van der Waals surface area contributed by atoms with Crippen LogP contribution in [-0.2, 0) is 15.1 Å². The van der Waals surface area contributed by atoms with E-state index >= 15 is 0 Å². The van der Waals surface area contributed by atoms with Gasteiger partial charge < -0.3 is 15.2 Å². The van der Waals surface area contributed by atoms with E-state index in [9.17, 15) is 14.7 Å². The van der Waals surface area contributed by atoms with Crippen LogP contribution >= 0.6 is 11.6 Å². The largest absolute Gasteiger partial charge is 0.465 e. The van der Waals surface area contributed by atoms with Crippen molar-refractivity contribution in [3.63, 3.8) is 0 Å². The van der Waals surface area contributed by atoms with Crippen LogP contribution in [0.3, 0.4) is 0 Å². The molecule has 1 aliphatic rings. The lowest BCUT2D eigenvalue weighted by atomic mass is 9.72. The van der Waals surface area contributed by atoms with Crippen molar-refractivity contribution >= 4 is 29.2 Å². The number of methoxy groups -OCH3 is 1. The van der Waals surface area contributed by atoms with Crippen LogP contribution in [0.1, 0.15) is 53.6 Å². The summed E-state index contributed by atoms with van der Waals surface area (Å²) in [7, 11) is 1.30. The van der Waals surface area contributed by atoms with E-state index in [1.165, 1.54) is 19.2 Å². The van der Waals surface area contributed by atoms with E-state index in [4.69, 9.17) is 21.6 Å². The highest BCUT2D eigenvalue weighted by molar-refractivity contribution is 6.32. The lowest BCUT2D eigenvalue weighted by Crippen LogP contribution is -2.47. The number of anilines is 1. The van der Waals surface area contributed by atoms with Crippen LogP contribution in [0.25, 0.3) is 0 Å². The number of carbonyl (C=O) groups excluding carboxylic acids is 2. The van der Waals surface area contributed by atoms with Crippen LogP contribution in [0.15, 0.2) is 42.5 Å². The van der Waals surface area contributed by atoms with Gasteiger partial charge in [0.25, 0.3) is 5.91 Å². The van der Waals surface area contributed by atoms with Crippen molar-refractivity contribution in [2.24, 2.45) is 5.92 Å². The number of esters is 1.